The van der Waals surface area contributed by atoms with Gasteiger partial charge in [0.1, 0.15) is 11.2 Å². The maximum atomic E-state index is 12.4. The van der Waals surface area contributed by atoms with Crippen LogP contribution in [0.15, 0.2) is 43.0 Å². The number of nitrogens with zero attached hydrogens (tertiary/aromatic N) is 7. The second-order valence-electron chi connectivity index (χ2n) is 9.45. The van der Waals surface area contributed by atoms with Gasteiger partial charge in [0, 0.05) is 56.8 Å². The summed E-state index contributed by atoms with van der Waals surface area (Å²) in [7, 11) is 5.85. The first kappa shape index (κ1) is 22.2. The van der Waals surface area contributed by atoms with Crippen molar-refractivity contribution in [3.8, 4) is 11.3 Å². The molecule has 6 rings (SSSR count). The third-order valence-electron chi connectivity index (χ3n) is 7.24. The summed E-state index contributed by atoms with van der Waals surface area (Å²) in [5, 5.41) is 6.32. The fourth-order valence-corrected chi connectivity index (χ4v) is 5.33. The van der Waals surface area contributed by atoms with Crippen molar-refractivity contribution < 1.29 is 4.79 Å². The van der Waals surface area contributed by atoms with E-state index in [0.29, 0.717) is 34.7 Å². The van der Waals surface area contributed by atoms with E-state index < -0.39 is 5.91 Å². The van der Waals surface area contributed by atoms with Crippen molar-refractivity contribution in [1.82, 2.24) is 29.4 Å². The zero-order valence-electron chi connectivity index (χ0n) is 20.4. The van der Waals surface area contributed by atoms with Gasteiger partial charge in [-0.1, -0.05) is 0 Å². The van der Waals surface area contributed by atoms with Crippen molar-refractivity contribution in [2.75, 3.05) is 42.7 Å². The van der Waals surface area contributed by atoms with Gasteiger partial charge in [0.2, 0.25) is 0 Å². The summed E-state index contributed by atoms with van der Waals surface area (Å²) >= 11 is 0. The molecule has 1 amide bonds. The van der Waals surface area contributed by atoms with Crippen LogP contribution in [0, 0.1) is 0 Å². The number of carbonyl (C=O) groups is 1. The normalized spacial score (nSPS) is 19.2. The third kappa shape index (κ3) is 3.59. The first-order valence-corrected chi connectivity index (χ1v) is 11.9. The number of likely N-dealkylation sites (N-methyl/N-ethyl adjacent to an activating group) is 1. The van der Waals surface area contributed by atoms with Crippen LogP contribution in [-0.4, -0.2) is 74.6 Å². The molecule has 2 atom stereocenters. The molecule has 11 heteroatoms. The molecule has 0 saturated carbocycles. The van der Waals surface area contributed by atoms with Gasteiger partial charge in [-0.15, -0.1) is 0 Å². The molecule has 1 aromatic carbocycles. The number of likely N-dealkylation sites (tertiary alicyclic amines) is 1. The van der Waals surface area contributed by atoms with E-state index in [1.165, 1.54) is 12.1 Å². The predicted molar refractivity (Wildman–Crippen MR) is 139 cm³/mol. The lowest BCUT2D eigenvalue weighted by molar-refractivity contribution is 0.0996. The maximum Gasteiger partial charge on any atom is 0.271 e. The Morgan fingerprint density at radius 3 is 2.53 bits per heavy atom. The van der Waals surface area contributed by atoms with E-state index in [2.05, 4.69) is 59.5 Å². The van der Waals surface area contributed by atoms with Gasteiger partial charge in [-0.3, -0.25) is 14.7 Å². The molecule has 0 radical (unpaired) electrons. The lowest BCUT2D eigenvalue weighted by Gasteiger charge is -2.33. The minimum Gasteiger partial charge on any atom is -0.371 e. The number of imidazole rings is 1. The van der Waals surface area contributed by atoms with Crippen LogP contribution < -0.4 is 21.3 Å². The van der Waals surface area contributed by atoms with Gasteiger partial charge in [-0.2, -0.15) is 0 Å². The highest BCUT2D eigenvalue weighted by Gasteiger charge is 2.41. The van der Waals surface area contributed by atoms with E-state index in [4.69, 9.17) is 5.73 Å². The monoisotopic (exact) mass is 484 g/mol. The number of benzene rings is 1. The van der Waals surface area contributed by atoms with Gasteiger partial charge in [-0.25, -0.2) is 15.0 Å². The molecule has 2 aliphatic heterocycles. The molecule has 0 unspecified atom stereocenters. The van der Waals surface area contributed by atoms with Crippen LogP contribution in [0.5, 0.6) is 0 Å². The van der Waals surface area contributed by atoms with Crippen molar-refractivity contribution in [3.63, 3.8) is 0 Å². The summed E-state index contributed by atoms with van der Waals surface area (Å²) in [6.07, 6.45) is 6.33. The standard InChI is InChI=1S/C25H28N10O/c1-27-24-21(18-9-28-10-19-20(18)29-13-34(19)3)31-22(23(26)36)25(32-24)30-14-4-6-15(7-5-14)35-12-16-8-17(35)11-33(16)2/h4-7,9-10,13,16-17H,8,11-12H2,1-3H3,(H2,26,36)(H2,27,30,32)/t16-,17-/m0/s1. The number of carbonyl (C=O) groups excluding carboxylic acids is 1. The number of rotatable bonds is 6. The number of piperazine rings is 1. The summed E-state index contributed by atoms with van der Waals surface area (Å²) in [4.78, 5) is 35.4. The van der Waals surface area contributed by atoms with E-state index >= 15 is 0 Å². The minimum atomic E-state index is -0.677. The Bertz CT molecular complexity index is 1460. The largest absolute Gasteiger partial charge is 0.371 e. The molecule has 3 aromatic heterocycles. The molecule has 2 aliphatic rings. The number of pyridine rings is 1. The van der Waals surface area contributed by atoms with Crippen LogP contribution in [0.3, 0.4) is 0 Å². The van der Waals surface area contributed by atoms with E-state index in [1.807, 2.05) is 23.7 Å². The third-order valence-corrected chi connectivity index (χ3v) is 7.24. The first-order chi connectivity index (χ1) is 17.4. The number of nitrogens with one attached hydrogen (secondary N) is 2. The van der Waals surface area contributed by atoms with Crippen LogP contribution in [0.1, 0.15) is 16.9 Å². The topological polar surface area (TPSA) is 130 Å². The zero-order valence-corrected chi connectivity index (χ0v) is 20.4. The molecule has 2 bridgehead atoms. The molecule has 2 fully saturated rings. The number of hydrogen-bond acceptors (Lipinski definition) is 9. The number of amides is 1. The lowest BCUT2D eigenvalue weighted by Crippen LogP contribution is -2.44. The molecule has 4 aromatic rings. The van der Waals surface area contributed by atoms with E-state index in [0.717, 1.165) is 24.3 Å². The second-order valence-corrected chi connectivity index (χ2v) is 9.45. The van der Waals surface area contributed by atoms with Gasteiger partial charge in [0.05, 0.1) is 23.6 Å². The second kappa shape index (κ2) is 8.45. The van der Waals surface area contributed by atoms with Gasteiger partial charge in [0.25, 0.3) is 5.91 Å². The van der Waals surface area contributed by atoms with Crippen LogP contribution in [0.2, 0.25) is 0 Å². The lowest BCUT2D eigenvalue weighted by atomic mass is 10.1. The van der Waals surface area contributed by atoms with Crippen LogP contribution in [-0.2, 0) is 7.05 Å². The summed E-state index contributed by atoms with van der Waals surface area (Å²) < 4.78 is 1.87. The molecular weight excluding hydrogens is 456 g/mol. The molecule has 11 nitrogen and oxygen atoms in total. The van der Waals surface area contributed by atoms with Crippen molar-refractivity contribution >= 4 is 40.0 Å². The number of aromatic nitrogens is 5. The van der Waals surface area contributed by atoms with Gasteiger partial charge < -0.3 is 25.8 Å². The van der Waals surface area contributed by atoms with E-state index in [-0.39, 0.29) is 11.5 Å². The Hall–Kier alpha value is -4.25. The first-order valence-electron chi connectivity index (χ1n) is 11.9. The summed E-state index contributed by atoms with van der Waals surface area (Å²) in [5.74, 6) is 0.0894. The molecule has 184 valence electrons. The highest BCUT2D eigenvalue weighted by Crippen LogP contribution is 2.35. The number of aryl methyl sites for hydroxylation is 1. The Balaban J connectivity index is 1.33. The van der Waals surface area contributed by atoms with Gasteiger partial charge in [0.15, 0.2) is 17.3 Å². The Labute approximate surface area is 208 Å². The Kier molecular flexibility index (Phi) is 5.22. The van der Waals surface area contributed by atoms with Gasteiger partial charge >= 0.3 is 0 Å². The Morgan fingerprint density at radius 2 is 1.86 bits per heavy atom. The van der Waals surface area contributed by atoms with E-state index in [1.54, 1.807) is 25.8 Å². The summed E-state index contributed by atoms with van der Waals surface area (Å²) in [6.45, 7) is 2.15. The maximum absolute atomic E-state index is 12.4. The van der Waals surface area contributed by atoms with Crippen molar-refractivity contribution in [2.45, 2.75) is 18.5 Å². The highest BCUT2D eigenvalue weighted by molar-refractivity contribution is 5.99. The van der Waals surface area contributed by atoms with Crippen molar-refractivity contribution in [3.05, 3.63) is 48.7 Å². The average molecular weight is 485 g/mol. The molecule has 2 saturated heterocycles. The number of hydrogen-bond donors (Lipinski definition) is 3. The molecular formula is C25H28N10O. The minimum absolute atomic E-state index is 0.0425. The van der Waals surface area contributed by atoms with Crippen LogP contribution in [0.4, 0.5) is 23.0 Å². The SMILES string of the molecule is CNc1nc(Nc2ccc(N3C[C@@H]4C[C@H]3CN4C)cc2)c(C(N)=O)nc1-c1cncc2c1ncn2C. The Morgan fingerprint density at radius 1 is 1.06 bits per heavy atom. The van der Waals surface area contributed by atoms with Crippen molar-refractivity contribution in [1.29, 1.82) is 0 Å². The smallest absolute Gasteiger partial charge is 0.271 e. The molecule has 0 aliphatic carbocycles. The van der Waals surface area contributed by atoms with E-state index in [9.17, 15) is 4.79 Å². The molecule has 4 N–H and O–H groups in total. The number of nitrogens with two attached hydrogens (primary N) is 1. The molecule has 0 spiro atoms. The fourth-order valence-electron chi connectivity index (χ4n) is 5.33. The van der Waals surface area contributed by atoms with Crippen molar-refractivity contribution in [2.24, 2.45) is 12.8 Å². The van der Waals surface area contributed by atoms with Crippen LogP contribution >= 0.6 is 0 Å². The quantitative estimate of drug-likeness (QED) is 0.377. The number of primary amides is 1. The summed E-state index contributed by atoms with van der Waals surface area (Å²) in [6, 6.07) is 9.37. The number of anilines is 4. The van der Waals surface area contributed by atoms with Crippen LogP contribution in [0.25, 0.3) is 22.3 Å². The van der Waals surface area contributed by atoms with Gasteiger partial charge in [-0.05, 0) is 37.7 Å². The predicted octanol–water partition coefficient (Wildman–Crippen LogP) is 2.20. The fraction of sp³-hybridized carbons (Fsp3) is 0.320. The summed E-state index contributed by atoms with van der Waals surface area (Å²) in [5.41, 5.74) is 10.4. The average Bonchev–Trinajstić information content (AvgIpc) is 3.58. The zero-order chi connectivity index (χ0) is 25.0. The molecule has 5 heterocycles. The molecule has 36 heavy (non-hydrogen) atoms. The highest BCUT2D eigenvalue weighted by atomic mass is 16.1. The number of fused-ring (bicyclic) bond motifs is 3.